The Morgan fingerprint density at radius 1 is 1.04 bits per heavy atom. The smallest absolute Gasteiger partial charge is 0.134 e. The third kappa shape index (κ3) is 3.85. The normalized spacial score (nSPS) is 11.5. The minimum Gasteiger partial charge on any atom is -0.494 e. The SMILES string of the molecule is CCCc1ccc2cc(/C=C/c3ccc(OCC)cc3F)sc2c1. The Hall–Kier alpha value is -2.13. The zero-order valence-electron chi connectivity index (χ0n) is 14.0. The first-order valence-corrected chi connectivity index (χ1v) is 9.14. The summed E-state index contributed by atoms with van der Waals surface area (Å²) in [5.74, 6) is 0.306. The molecule has 0 radical (unpaired) electrons. The maximum atomic E-state index is 14.1. The highest BCUT2D eigenvalue weighted by atomic mass is 32.1. The number of rotatable bonds is 6. The van der Waals surface area contributed by atoms with Gasteiger partial charge in [-0.3, -0.25) is 0 Å². The van der Waals surface area contributed by atoms with Gasteiger partial charge in [-0.25, -0.2) is 4.39 Å². The lowest BCUT2D eigenvalue weighted by atomic mass is 10.1. The molecule has 0 N–H and O–H groups in total. The van der Waals surface area contributed by atoms with Crippen LogP contribution < -0.4 is 4.74 Å². The van der Waals surface area contributed by atoms with Crippen molar-refractivity contribution in [2.24, 2.45) is 0 Å². The van der Waals surface area contributed by atoms with Crippen molar-refractivity contribution in [3.8, 4) is 5.75 Å². The van der Waals surface area contributed by atoms with Gasteiger partial charge in [-0.15, -0.1) is 11.3 Å². The van der Waals surface area contributed by atoms with Crippen molar-refractivity contribution in [1.82, 2.24) is 0 Å². The van der Waals surface area contributed by atoms with Gasteiger partial charge in [-0.05, 0) is 54.6 Å². The molecule has 1 heterocycles. The van der Waals surface area contributed by atoms with E-state index in [1.54, 1.807) is 23.5 Å². The van der Waals surface area contributed by atoms with E-state index in [0.717, 1.165) is 17.7 Å². The van der Waals surface area contributed by atoms with E-state index in [4.69, 9.17) is 4.74 Å². The molecule has 3 rings (SSSR count). The first kappa shape index (κ1) is 16.7. The average Bonchev–Trinajstić information content (AvgIpc) is 2.97. The monoisotopic (exact) mass is 340 g/mol. The summed E-state index contributed by atoms with van der Waals surface area (Å²) in [4.78, 5) is 1.13. The molecule has 0 saturated carbocycles. The molecule has 0 aliphatic heterocycles. The number of aryl methyl sites for hydroxylation is 1. The first-order chi connectivity index (χ1) is 11.7. The van der Waals surface area contributed by atoms with Crippen LogP contribution in [-0.4, -0.2) is 6.61 Å². The van der Waals surface area contributed by atoms with E-state index in [1.807, 2.05) is 19.1 Å². The molecule has 0 amide bonds. The highest BCUT2D eigenvalue weighted by molar-refractivity contribution is 7.19. The number of ether oxygens (including phenoxy) is 1. The zero-order valence-corrected chi connectivity index (χ0v) is 14.8. The molecule has 0 bridgehead atoms. The number of thiophene rings is 1. The van der Waals surface area contributed by atoms with Crippen molar-refractivity contribution >= 4 is 33.6 Å². The van der Waals surface area contributed by atoms with Gasteiger partial charge >= 0.3 is 0 Å². The Morgan fingerprint density at radius 2 is 1.92 bits per heavy atom. The van der Waals surface area contributed by atoms with Crippen molar-refractivity contribution in [2.75, 3.05) is 6.61 Å². The van der Waals surface area contributed by atoms with Crippen LogP contribution in [0.15, 0.2) is 42.5 Å². The van der Waals surface area contributed by atoms with Gasteiger partial charge < -0.3 is 4.74 Å². The van der Waals surface area contributed by atoms with Gasteiger partial charge in [-0.2, -0.15) is 0 Å². The maximum absolute atomic E-state index is 14.1. The molecular formula is C21H21FOS. The molecule has 0 fully saturated rings. The summed E-state index contributed by atoms with van der Waals surface area (Å²) in [7, 11) is 0. The summed E-state index contributed by atoms with van der Waals surface area (Å²) in [5, 5.41) is 1.24. The molecule has 3 aromatic rings. The summed E-state index contributed by atoms with van der Waals surface area (Å²) in [6.07, 6.45) is 6.06. The molecule has 0 spiro atoms. The predicted octanol–water partition coefficient (Wildman–Crippen LogP) is 6.56. The second kappa shape index (κ2) is 7.63. The van der Waals surface area contributed by atoms with Gasteiger partial charge in [0.15, 0.2) is 0 Å². The molecule has 0 saturated heterocycles. The van der Waals surface area contributed by atoms with Gasteiger partial charge in [0, 0.05) is 21.2 Å². The fourth-order valence-electron chi connectivity index (χ4n) is 2.69. The summed E-state index contributed by atoms with van der Waals surface area (Å²) >= 11 is 1.74. The zero-order chi connectivity index (χ0) is 16.9. The number of hydrogen-bond donors (Lipinski definition) is 0. The van der Waals surface area contributed by atoms with Crippen LogP contribution in [0, 0.1) is 5.82 Å². The highest BCUT2D eigenvalue weighted by Crippen LogP contribution is 2.29. The van der Waals surface area contributed by atoms with E-state index >= 15 is 0 Å². The Kier molecular flexibility index (Phi) is 5.31. The molecule has 0 aliphatic rings. The molecule has 24 heavy (non-hydrogen) atoms. The van der Waals surface area contributed by atoms with E-state index in [-0.39, 0.29) is 5.82 Å². The van der Waals surface area contributed by atoms with Gasteiger partial charge in [0.1, 0.15) is 11.6 Å². The van der Waals surface area contributed by atoms with Gasteiger partial charge in [0.05, 0.1) is 6.61 Å². The summed E-state index contributed by atoms with van der Waals surface area (Å²) in [6, 6.07) is 13.8. The fraction of sp³-hybridized carbons (Fsp3) is 0.238. The van der Waals surface area contributed by atoms with Crippen LogP contribution in [0.4, 0.5) is 4.39 Å². The summed E-state index contributed by atoms with van der Waals surface area (Å²) in [5.41, 5.74) is 1.95. The number of benzene rings is 2. The van der Waals surface area contributed by atoms with E-state index in [0.29, 0.717) is 17.9 Å². The largest absolute Gasteiger partial charge is 0.494 e. The van der Waals surface area contributed by atoms with Crippen LogP contribution in [0.5, 0.6) is 5.75 Å². The molecular weight excluding hydrogens is 319 g/mol. The standard InChI is InChI=1S/C21H21FOS/c1-3-5-15-6-7-17-13-19(24-21(17)12-15)11-9-16-8-10-18(23-4-2)14-20(16)22/h6-14H,3-5H2,1-2H3/b11-9+. The molecule has 1 nitrogen and oxygen atoms in total. The van der Waals surface area contributed by atoms with E-state index in [1.165, 1.54) is 21.7 Å². The molecule has 1 aromatic heterocycles. The van der Waals surface area contributed by atoms with Crippen molar-refractivity contribution in [2.45, 2.75) is 26.7 Å². The van der Waals surface area contributed by atoms with E-state index in [9.17, 15) is 4.39 Å². The maximum Gasteiger partial charge on any atom is 0.134 e. The fourth-order valence-corrected chi connectivity index (χ4v) is 3.72. The first-order valence-electron chi connectivity index (χ1n) is 8.32. The van der Waals surface area contributed by atoms with E-state index in [2.05, 4.69) is 31.2 Å². The Morgan fingerprint density at radius 3 is 2.67 bits per heavy atom. The van der Waals surface area contributed by atoms with Crippen LogP contribution in [-0.2, 0) is 6.42 Å². The quantitative estimate of drug-likeness (QED) is 0.493. The number of fused-ring (bicyclic) bond motifs is 1. The molecule has 0 atom stereocenters. The highest BCUT2D eigenvalue weighted by Gasteiger charge is 2.03. The predicted molar refractivity (Wildman–Crippen MR) is 102 cm³/mol. The minimum absolute atomic E-state index is 0.261. The lowest BCUT2D eigenvalue weighted by Crippen LogP contribution is -1.92. The lowest BCUT2D eigenvalue weighted by molar-refractivity contribution is 0.338. The third-order valence-electron chi connectivity index (χ3n) is 3.85. The summed E-state index contributed by atoms with van der Waals surface area (Å²) < 4.78 is 20.7. The van der Waals surface area contributed by atoms with Crippen molar-refractivity contribution in [3.63, 3.8) is 0 Å². The van der Waals surface area contributed by atoms with Gasteiger partial charge in [-0.1, -0.05) is 31.6 Å². The number of hydrogen-bond acceptors (Lipinski definition) is 2. The second-order valence-corrected chi connectivity index (χ2v) is 6.84. The van der Waals surface area contributed by atoms with Crippen LogP contribution in [0.25, 0.3) is 22.2 Å². The van der Waals surface area contributed by atoms with Gasteiger partial charge in [0.25, 0.3) is 0 Å². The van der Waals surface area contributed by atoms with Crippen LogP contribution in [0.2, 0.25) is 0 Å². The molecule has 0 unspecified atom stereocenters. The summed E-state index contributed by atoms with van der Waals surface area (Å²) in [6.45, 7) is 4.62. The minimum atomic E-state index is -0.261. The Bertz CT molecular complexity index is 863. The van der Waals surface area contributed by atoms with Crippen molar-refractivity contribution < 1.29 is 9.13 Å². The van der Waals surface area contributed by atoms with Crippen LogP contribution in [0.1, 0.15) is 36.3 Å². The Balaban J connectivity index is 1.82. The Labute approximate surface area is 146 Å². The molecule has 3 heteroatoms. The topological polar surface area (TPSA) is 9.23 Å². The average molecular weight is 340 g/mol. The van der Waals surface area contributed by atoms with Crippen LogP contribution in [0.3, 0.4) is 0 Å². The van der Waals surface area contributed by atoms with Crippen LogP contribution >= 0.6 is 11.3 Å². The number of halogens is 1. The van der Waals surface area contributed by atoms with Gasteiger partial charge in [0.2, 0.25) is 0 Å². The van der Waals surface area contributed by atoms with Crippen molar-refractivity contribution in [3.05, 3.63) is 64.3 Å². The van der Waals surface area contributed by atoms with Crippen molar-refractivity contribution in [1.29, 1.82) is 0 Å². The lowest BCUT2D eigenvalue weighted by Gasteiger charge is -2.03. The third-order valence-corrected chi connectivity index (χ3v) is 4.92. The second-order valence-electron chi connectivity index (χ2n) is 5.72. The molecule has 0 aliphatic carbocycles. The molecule has 124 valence electrons. The van der Waals surface area contributed by atoms with E-state index < -0.39 is 0 Å². The molecule has 2 aromatic carbocycles.